The van der Waals surface area contributed by atoms with Crippen molar-refractivity contribution in [3.05, 3.63) is 17.8 Å². The molecule has 2 amide bonds. The Kier molecular flexibility index (Phi) is 5.59. The second kappa shape index (κ2) is 8.04. The Hall–Kier alpha value is -2.38. The number of nitrogens with zero attached hydrogens (tertiary/aromatic N) is 2. The van der Waals surface area contributed by atoms with Gasteiger partial charge in [-0.25, -0.2) is 9.37 Å². The van der Waals surface area contributed by atoms with Crippen molar-refractivity contribution < 1.29 is 18.7 Å². The molecule has 0 spiro atoms. The molecule has 0 radical (unpaired) electrons. The van der Waals surface area contributed by atoms with Gasteiger partial charge in [-0.2, -0.15) is 0 Å². The van der Waals surface area contributed by atoms with Crippen LogP contribution in [0.3, 0.4) is 0 Å². The lowest BCUT2D eigenvalue weighted by Gasteiger charge is -2.46. The number of ether oxygens (including phenoxy) is 1. The summed E-state index contributed by atoms with van der Waals surface area (Å²) in [5, 5.41) is 2.68. The molecule has 2 heterocycles. The van der Waals surface area contributed by atoms with E-state index in [1.807, 2.05) is 18.7 Å². The summed E-state index contributed by atoms with van der Waals surface area (Å²) >= 11 is 0. The van der Waals surface area contributed by atoms with Crippen LogP contribution in [0, 0.1) is 17.8 Å². The third-order valence-electron chi connectivity index (χ3n) is 6.14. The highest BCUT2D eigenvalue weighted by atomic mass is 19.1. The van der Waals surface area contributed by atoms with Gasteiger partial charge in [0.2, 0.25) is 11.8 Å². The topological polar surface area (TPSA) is 97.6 Å². The minimum absolute atomic E-state index is 0.161. The van der Waals surface area contributed by atoms with Gasteiger partial charge >= 0.3 is 0 Å². The Balaban J connectivity index is 1.48. The molecule has 1 atom stereocenters. The summed E-state index contributed by atoms with van der Waals surface area (Å²) < 4.78 is 20.7. The molecule has 4 rings (SSSR count). The normalized spacial score (nSPS) is 21.1. The second-order valence-corrected chi connectivity index (χ2v) is 9.50. The molecular weight excluding hydrogens is 387 g/mol. The van der Waals surface area contributed by atoms with E-state index in [1.54, 1.807) is 12.1 Å². The number of halogens is 1. The van der Waals surface area contributed by atoms with Gasteiger partial charge in [0.25, 0.3) is 5.91 Å². The standard InChI is InChI=1S/C22H31FN4O3/c1-13(2)9-17(19(24)28)25-20(29)16-7-8-18(21(26-16)30-10-14-3-4-14)27-11-22(23,12-27)15-5-6-15/h7-8,13-15,17H,3-6,9-12H2,1-2H3,(H2,24,28)(H,25,29)/t17-/m0/s1. The predicted octanol–water partition coefficient (Wildman–Crippen LogP) is 2.44. The van der Waals surface area contributed by atoms with Gasteiger partial charge in [-0.1, -0.05) is 13.8 Å². The highest BCUT2D eigenvalue weighted by Gasteiger charge is 2.54. The average Bonchev–Trinajstić information content (AvgIpc) is 3.55. The molecule has 1 aromatic heterocycles. The summed E-state index contributed by atoms with van der Waals surface area (Å²) in [6.45, 7) is 5.13. The number of alkyl halides is 1. The molecule has 164 valence electrons. The van der Waals surface area contributed by atoms with Crippen LogP contribution in [0.5, 0.6) is 5.88 Å². The van der Waals surface area contributed by atoms with E-state index >= 15 is 0 Å². The van der Waals surface area contributed by atoms with Gasteiger partial charge in [0.05, 0.1) is 19.7 Å². The first kappa shape index (κ1) is 20.9. The first-order chi connectivity index (χ1) is 14.2. The summed E-state index contributed by atoms with van der Waals surface area (Å²) in [7, 11) is 0. The van der Waals surface area contributed by atoms with Crippen LogP contribution in [-0.2, 0) is 4.79 Å². The molecule has 1 aliphatic heterocycles. The number of pyridine rings is 1. The SMILES string of the molecule is CC(C)C[C@H](NC(=O)c1ccc(N2CC(F)(C3CC3)C2)c(OCC2CC2)n1)C(N)=O. The largest absolute Gasteiger partial charge is 0.476 e. The number of hydrogen-bond acceptors (Lipinski definition) is 5. The van der Waals surface area contributed by atoms with Crippen LogP contribution < -0.4 is 20.7 Å². The molecule has 1 aromatic rings. The third-order valence-corrected chi connectivity index (χ3v) is 6.14. The number of aromatic nitrogens is 1. The number of nitrogens with two attached hydrogens (primary N) is 1. The molecule has 30 heavy (non-hydrogen) atoms. The van der Waals surface area contributed by atoms with E-state index in [1.165, 1.54) is 0 Å². The van der Waals surface area contributed by atoms with Gasteiger partial charge in [0.15, 0.2) is 0 Å². The van der Waals surface area contributed by atoms with Crippen molar-refractivity contribution in [1.82, 2.24) is 10.3 Å². The number of rotatable bonds is 10. The number of carbonyl (C=O) groups is 2. The number of primary amides is 1. The average molecular weight is 419 g/mol. The number of anilines is 1. The number of carbonyl (C=O) groups excluding carboxylic acids is 2. The Bertz CT molecular complexity index is 817. The van der Waals surface area contributed by atoms with Crippen molar-refractivity contribution in [1.29, 1.82) is 0 Å². The van der Waals surface area contributed by atoms with Gasteiger partial charge in [0.1, 0.15) is 23.1 Å². The van der Waals surface area contributed by atoms with Crippen molar-refractivity contribution in [2.75, 3.05) is 24.6 Å². The highest BCUT2D eigenvalue weighted by Crippen LogP contribution is 2.49. The number of amides is 2. The van der Waals surface area contributed by atoms with Crippen LogP contribution in [0.2, 0.25) is 0 Å². The first-order valence-electron chi connectivity index (χ1n) is 10.9. The van der Waals surface area contributed by atoms with Gasteiger partial charge in [0, 0.05) is 0 Å². The van der Waals surface area contributed by atoms with Crippen LogP contribution in [0.25, 0.3) is 0 Å². The maximum absolute atomic E-state index is 14.8. The van der Waals surface area contributed by atoms with E-state index in [0.717, 1.165) is 31.4 Å². The fraction of sp³-hybridized carbons (Fsp3) is 0.682. The van der Waals surface area contributed by atoms with E-state index in [9.17, 15) is 14.0 Å². The quantitative estimate of drug-likeness (QED) is 0.608. The number of nitrogens with one attached hydrogen (secondary N) is 1. The van der Waals surface area contributed by atoms with Crippen LogP contribution in [0.15, 0.2) is 12.1 Å². The summed E-state index contributed by atoms with van der Waals surface area (Å²) in [5.74, 6) is 0.212. The highest BCUT2D eigenvalue weighted by molar-refractivity contribution is 5.96. The Morgan fingerprint density at radius 3 is 2.57 bits per heavy atom. The first-order valence-corrected chi connectivity index (χ1v) is 10.9. The minimum atomic E-state index is -1.12. The Morgan fingerprint density at radius 1 is 1.30 bits per heavy atom. The molecule has 0 bridgehead atoms. The maximum atomic E-state index is 14.8. The molecule has 8 heteroatoms. The van der Waals surface area contributed by atoms with Crippen molar-refractivity contribution in [2.45, 2.75) is 57.7 Å². The van der Waals surface area contributed by atoms with Gasteiger partial charge < -0.3 is 20.7 Å². The van der Waals surface area contributed by atoms with E-state index in [-0.39, 0.29) is 17.5 Å². The molecule has 3 N–H and O–H groups in total. The van der Waals surface area contributed by atoms with Crippen molar-refractivity contribution in [3.63, 3.8) is 0 Å². The summed E-state index contributed by atoms with van der Waals surface area (Å²) in [6.07, 6.45) is 4.64. The van der Waals surface area contributed by atoms with Crippen molar-refractivity contribution in [2.24, 2.45) is 23.5 Å². The van der Waals surface area contributed by atoms with E-state index in [4.69, 9.17) is 10.5 Å². The monoisotopic (exact) mass is 418 g/mol. The van der Waals surface area contributed by atoms with Crippen LogP contribution in [-0.4, -0.2) is 48.2 Å². The maximum Gasteiger partial charge on any atom is 0.270 e. The lowest BCUT2D eigenvalue weighted by molar-refractivity contribution is -0.120. The zero-order valence-corrected chi connectivity index (χ0v) is 17.7. The minimum Gasteiger partial charge on any atom is -0.476 e. The lowest BCUT2D eigenvalue weighted by atomic mass is 9.90. The lowest BCUT2D eigenvalue weighted by Crippen LogP contribution is -2.60. The predicted molar refractivity (Wildman–Crippen MR) is 111 cm³/mol. The van der Waals surface area contributed by atoms with E-state index in [0.29, 0.717) is 37.9 Å². The van der Waals surface area contributed by atoms with E-state index < -0.39 is 23.5 Å². The third kappa shape index (κ3) is 4.68. The fourth-order valence-electron chi connectivity index (χ4n) is 3.96. The molecule has 1 saturated heterocycles. The van der Waals surface area contributed by atoms with Gasteiger partial charge in [-0.3, -0.25) is 9.59 Å². The van der Waals surface area contributed by atoms with Crippen molar-refractivity contribution in [3.8, 4) is 5.88 Å². The summed E-state index contributed by atoms with van der Waals surface area (Å²) in [5.41, 5.74) is 5.20. The van der Waals surface area contributed by atoms with Crippen molar-refractivity contribution >= 4 is 17.5 Å². The van der Waals surface area contributed by atoms with Crippen LogP contribution in [0.1, 0.15) is 56.4 Å². The zero-order valence-electron chi connectivity index (χ0n) is 17.7. The molecule has 3 aliphatic rings. The van der Waals surface area contributed by atoms with Gasteiger partial charge in [-0.15, -0.1) is 0 Å². The fourth-order valence-corrected chi connectivity index (χ4v) is 3.96. The number of hydrogen-bond donors (Lipinski definition) is 2. The molecular formula is C22H31FN4O3. The zero-order chi connectivity index (χ0) is 21.5. The van der Waals surface area contributed by atoms with Gasteiger partial charge in [-0.05, 0) is 62.0 Å². The van der Waals surface area contributed by atoms with E-state index in [2.05, 4.69) is 10.3 Å². The molecule has 3 fully saturated rings. The molecule has 2 aliphatic carbocycles. The summed E-state index contributed by atoms with van der Waals surface area (Å²) in [6, 6.07) is 2.60. The molecule has 2 saturated carbocycles. The second-order valence-electron chi connectivity index (χ2n) is 9.50. The van der Waals surface area contributed by atoms with Crippen LogP contribution in [0.4, 0.5) is 10.1 Å². The Labute approximate surface area is 176 Å². The smallest absolute Gasteiger partial charge is 0.270 e. The molecule has 7 nitrogen and oxygen atoms in total. The Morgan fingerprint density at radius 2 is 2.00 bits per heavy atom. The van der Waals surface area contributed by atoms with Crippen LogP contribution >= 0.6 is 0 Å². The summed E-state index contributed by atoms with van der Waals surface area (Å²) in [4.78, 5) is 30.7. The molecule has 0 unspecified atom stereocenters. The molecule has 0 aromatic carbocycles.